The molecule has 92 valence electrons. The van der Waals surface area contributed by atoms with Gasteiger partial charge in [-0.15, -0.1) is 0 Å². The molecule has 1 aromatic heterocycles. The molecule has 7 nitrogen and oxygen atoms in total. The van der Waals surface area contributed by atoms with Gasteiger partial charge in [0, 0.05) is 13.1 Å². The Kier molecular flexibility index (Phi) is 3.28. The molecule has 8 heteroatoms. The number of hydrogen-bond donors (Lipinski definition) is 1. The molecule has 1 aliphatic rings. The molecule has 1 N–H and O–H groups in total. The van der Waals surface area contributed by atoms with E-state index in [9.17, 15) is 4.79 Å². The standard InChI is InChI=1S/C9H11ClN4O3/c1-17-9-12-7(10)11-8(13-9)14-3-2-5(4-14)6(15)16/h5H,2-4H2,1H3,(H,15,16). The second-order valence-electron chi connectivity index (χ2n) is 3.66. The van der Waals surface area contributed by atoms with Gasteiger partial charge in [0.25, 0.3) is 0 Å². The molecule has 2 heterocycles. The van der Waals surface area contributed by atoms with E-state index in [1.54, 1.807) is 4.90 Å². The lowest BCUT2D eigenvalue weighted by molar-refractivity contribution is -0.140. The van der Waals surface area contributed by atoms with E-state index in [1.165, 1.54) is 7.11 Å². The summed E-state index contributed by atoms with van der Waals surface area (Å²) in [5.74, 6) is -0.846. The van der Waals surface area contributed by atoms with Crippen LogP contribution >= 0.6 is 11.6 Å². The third-order valence-electron chi connectivity index (χ3n) is 2.58. The minimum atomic E-state index is -0.806. The number of aliphatic carboxylic acids is 1. The number of carbonyl (C=O) groups is 1. The Morgan fingerprint density at radius 3 is 2.88 bits per heavy atom. The lowest BCUT2D eigenvalue weighted by Crippen LogP contribution is -2.24. The molecular formula is C9H11ClN4O3. The van der Waals surface area contributed by atoms with Gasteiger partial charge in [0.15, 0.2) is 0 Å². The van der Waals surface area contributed by atoms with Gasteiger partial charge in [0.05, 0.1) is 13.0 Å². The van der Waals surface area contributed by atoms with Crippen LogP contribution < -0.4 is 9.64 Å². The van der Waals surface area contributed by atoms with Crippen LogP contribution in [-0.2, 0) is 4.79 Å². The smallest absolute Gasteiger partial charge is 0.322 e. The summed E-state index contributed by atoms with van der Waals surface area (Å²) in [5.41, 5.74) is 0. The molecule has 1 aliphatic heterocycles. The van der Waals surface area contributed by atoms with Crippen molar-refractivity contribution < 1.29 is 14.6 Å². The Labute approximate surface area is 102 Å². The van der Waals surface area contributed by atoms with Crippen molar-refractivity contribution in [3.63, 3.8) is 0 Å². The molecule has 0 radical (unpaired) electrons. The van der Waals surface area contributed by atoms with Gasteiger partial charge < -0.3 is 14.7 Å². The van der Waals surface area contributed by atoms with Crippen LogP contribution in [-0.4, -0.2) is 46.2 Å². The lowest BCUT2D eigenvalue weighted by Gasteiger charge is -2.15. The Bertz CT molecular complexity index is 442. The first kappa shape index (κ1) is 11.8. The van der Waals surface area contributed by atoms with Crippen molar-refractivity contribution in [2.24, 2.45) is 5.92 Å². The van der Waals surface area contributed by atoms with Crippen LogP contribution in [0.4, 0.5) is 5.95 Å². The maximum Gasteiger partial charge on any atom is 0.322 e. The zero-order chi connectivity index (χ0) is 12.4. The number of carboxylic acids is 1. The number of rotatable bonds is 3. The van der Waals surface area contributed by atoms with E-state index in [0.29, 0.717) is 25.5 Å². The SMILES string of the molecule is COc1nc(Cl)nc(N2CCC(C(=O)O)C2)n1. The van der Waals surface area contributed by atoms with Crippen LogP contribution in [0.1, 0.15) is 6.42 Å². The summed E-state index contributed by atoms with van der Waals surface area (Å²) in [7, 11) is 1.43. The molecule has 0 aromatic carbocycles. The van der Waals surface area contributed by atoms with Crippen LogP contribution in [0.2, 0.25) is 5.28 Å². The molecule has 0 aliphatic carbocycles. The fourth-order valence-corrected chi connectivity index (χ4v) is 1.85. The minimum Gasteiger partial charge on any atom is -0.481 e. The largest absolute Gasteiger partial charge is 0.481 e. The van der Waals surface area contributed by atoms with E-state index < -0.39 is 11.9 Å². The predicted molar refractivity (Wildman–Crippen MR) is 59.3 cm³/mol. The number of methoxy groups -OCH3 is 1. The first-order valence-corrected chi connectivity index (χ1v) is 5.41. The molecule has 1 aromatic rings. The number of aromatic nitrogens is 3. The summed E-state index contributed by atoms with van der Waals surface area (Å²) in [4.78, 5) is 24.3. The van der Waals surface area contributed by atoms with Gasteiger partial charge in [-0.3, -0.25) is 4.79 Å². The molecular weight excluding hydrogens is 248 g/mol. The molecule has 0 amide bonds. The van der Waals surface area contributed by atoms with Crippen LogP contribution in [0.15, 0.2) is 0 Å². The molecule has 1 saturated heterocycles. The van der Waals surface area contributed by atoms with Crippen molar-refractivity contribution in [3.8, 4) is 6.01 Å². The van der Waals surface area contributed by atoms with Crippen LogP contribution in [0.25, 0.3) is 0 Å². The molecule has 1 fully saturated rings. The fraction of sp³-hybridized carbons (Fsp3) is 0.556. The Hall–Kier alpha value is -1.63. The number of carboxylic acid groups (broad SMARTS) is 1. The highest BCUT2D eigenvalue weighted by Gasteiger charge is 2.29. The third-order valence-corrected chi connectivity index (χ3v) is 2.75. The van der Waals surface area contributed by atoms with Crippen molar-refractivity contribution in [3.05, 3.63) is 5.28 Å². The van der Waals surface area contributed by atoms with Crippen molar-refractivity contribution >= 4 is 23.5 Å². The van der Waals surface area contributed by atoms with Crippen molar-refractivity contribution in [2.45, 2.75) is 6.42 Å². The monoisotopic (exact) mass is 258 g/mol. The van der Waals surface area contributed by atoms with Crippen LogP contribution in [0.3, 0.4) is 0 Å². The summed E-state index contributed by atoms with van der Waals surface area (Å²) in [6.07, 6.45) is 0.570. The number of hydrogen-bond acceptors (Lipinski definition) is 6. The minimum absolute atomic E-state index is 0.0330. The van der Waals surface area contributed by atoms with E-state index in [1.807, 2.05) is 0 Å². The van der Waals surface area contributed by atoms with Gasteiger partial charge in [0.2, 0.25) is 11.2 Å². The summed E-state index contributed by atoms with van der Waals surface area (Å²) < 4.78 is 4.88. The van der Waals surface area contributed by atoms with Crippen molar-refractivity contribution in [1.29, 1.82) is 0 Å². The van der Waals surface area contributed by atoms with E-state index in [2.05, 4.69) is 15.0 Å². The number of ether oxygens (including phenoxy) is 1. The van der Waals surface area contributed by atoms with Crippen molar-refractivity contribution in [1.82, 2.24) is 15.0 Å². The van der Waals surface area contributed by atoms with E-state index in [0.717, 1.165) is 0 Å². The maximum atomic E-state index is 10.8. The van der Waals surface area contributed by atoms with E-state index >= 15 is 0 Å². The van der Waals surface area contributed by atoms with Gasteiger partial charge in [-0.25, -0.2) is 0 Å². The van der Waals surface area contributed by atoms with Gasteiger partial charge >= 0.3 is 12.0 Å². The first-order chi connectivity index (χ1) is 8.10. The van der Waals surface area contributed by atoms with Gasteiger partial charge in [-0.05, 0) is 18.0 Å². The maximum absolute atomic E-state index is 10.8. The van der Waals surface area contributed by atoms with E-state index in [-0.39, 0.29) is 11.3 Å². The van der Waals surface area contributed by atoms with E-state index in [4.69, 9.17) is 21.4 Å². The normalized spacial score (nSPS) is 19.4. The summed E-state index contributed by atoms with van der Waals surface area (Å²) >= 11 is 5.72. The number of nitrogens with zero attached hydrogens (tertiary/aromatic N) is 4. The van der Waals surface area contributed by atoms with Crippen LogP contribution in [0.5, 0.6) is 6.01 Å². The highest BCUT2D eigenvalue weighted by atomic mass is 35.5. The topological polar surface area (TPSA) is 88.4 Å². The quantitative estimate of drug-likeness (QED) is 0.842. The summed E-state index contributed by atoms with van der Waals surface area (Å²) in [6.45, 7) is 0.958. The molecule has 0 bridgehead atoms. The molecule has 17 heavy (non-hydrogen) atoms. The highest BCUT2D eigenvalue weighted by Crippen LogP contribution is 2.22. The van der Waals surface area contributed by atoms with Crippen LogP contribution in [0, 0.1) is 5.92 Å². The second kappa shape index (κ2) is 4.70. The molecule has 2 rings (SSSR count). The Morgan fingerprint density at radius 2 is 2.29 bits per heavy atom. The Balaban J connectivity index is 2.18. The first-order valence-electron chi connectivity index (χ1n) is 5.03. The molecule has 0 saturated carbocycles. The van der Waals surface area contributed by atoms with Crippen molar-refractivity contribution in [2.75, 3.05) is 25.1 Å². The third kappa shape index (κ3) is 2.55. The fourth-order valence-electron chi connectivity index (χ4n) is 1.70. The number of halogens is 1. The average Bonchev–Trinajstić information content (AvgIpc) is 2.77. The predicted octanol–water partition coefficient (Wildman–Crippen LogP) is 0.444. The Morgan fingerprint density at radius 1 is 1.53 bits per heavy atom. The number of anilines is 1. The summed E-state index contributed by atoms with van der Waals surface area (Å²) in [6, 6.07) is 0.124. The molecule has 1 atom stereocenters. The lowest BCUT2D eigenvalue weighted by atomic mass is 10.1. The second-order valence-corrected chi connectivity index (χ2v) is 4.00. The summed E-state index contributed by atoms with van der Waals surface area (Å²) in [5, 5.41) is 8.94. The highest BCUT2D eigenvalue weighted by molar-refractivity contribution is 6.28. The van der Waals surface area contributed by atoms with Gasteiger partial charge in [0.1, 0.15) is 0 Å². The van der Waals surface area contributed by atoms with Gasteiger partial charge in [-0.1, -0.05) is 0 Å². The van der Waals surface area contributed by atoms with Gasteiger partial charge in [-0.2, -0.15) is 15.0 Å². The molecule has 0 spiro atoms. The zero-order valence-corrected chi connectivity index (χ0v) is 9.89. The average molecular weight is 259 g/mol. The molecule has 1 unspecified atom stereocenters. The zero-order valence-electron chi connectivity index (χ0n) is 9.13.